The van der Waals surface area contributed by atoms with E-state index < -0.39 is 0 Å². The quantitative estimate of drug-likeness (QED) is 0.342. The first-order valence-corrected chi connectivity index (χ1v) is 14.0. The highest BCUT2D eigenvalue weighted by Gasteiger charge is 2.22. The number of hydrogen-bond acceptors (Lipinski definition) is 2. The minimum atomic E-state index is -0.186. The van der Waals surface area contributed by atoms with Crippen LogP contribution in [0.15, 0.2) is 72.8 Å². The molecule has 1 fully saturated rings. The van der Waals surface area contributed by atoms with E-state index in [2.05, 4.69) is 84.2 Å². The number of nitrogens with zero attached hydrogens (tertiary/aromatic N) is 1. The van der Waals surface area contributed by atoms with E-state index in [-0.39, 0.29) is 6.03 Å². The van der Waals surface area contributed by atoms with E-state index in [1.807, 2.05) is 18.2 Å². The molecule has 0 bridgehead atoms. The Bertz CT molecular complexity index is 1170. The normalized spacial score (nSPS) is 21.6. The third kappa shape index (κ3) is 6.81. The second-order valence-corrected chi connectivity index (χ2v) is 11.4. The SMILES string of the molecule is CN(C)CC1CCc2cc(NC(=O)Nc3ccc(C4CCCC(c5ccccc5)CC4)cc3)ccc2C1. The summed E-state index contributed by atoms with van der Waals surface area (Å²) in [7, 11) is 4.29. The minimum Gasteiger partial charge on any atom is -0.309 e. The Morgan fingerprint density at radius 3 is 2.11 bits per heavy atom. The Hall–Kier alpha value is -3.11. The van der Waals surface area contributed by atoms with Crippen LogP contribution in [0.1, 0.15) is 72.6 Å². The highest BCUT2D eigenvalue weighted by molar-refractivity contribution is 5.99. The van der Waals surface area contributed by atoms with Gasteiger partial charge in [-0.05, 0) is 123 Å². The predicted molar refractivity (Wildman–Crippen MR) is 155 cm³/mol. The summed E-state index contributed by atoms with van der Waals surface area (Å²) in [4.78, 5) is 15.0. The van der Waals surface area contributed by atoms with Gasteiger partial charge in [0.05, 0.1) is 0 Å². The van der Waals surface area contributed by atoms with Crippen LogP contribution < -0.4 is 10.6 Å². The molecular weight excluding hydrogens is 454 g/mol. The number of hydrogen-bond donors (Lipinski definition) is 2. The van der Waals surface area contributed by atoms with Crippen LogP contribution in [0.3, 0.4) is 0 Å². The Kier molecular flexibility index (Phi) is 8.25. The third-order valence-corrected chi connectivity index (χ3v) is 8.30. The molecule has 3 atom stereocenters. The van der Waals surface area contributed by atoms with Crippen molar-refractivity contribution in [1.29, 1.82) is 0 Å². The number of nitrogens with one attached hydrogen (secondary N) is 2. The maximum atomic E-state index is 12.7. The average molecular weight is 496 g/mol. The molecule has 0 spiro atoms. The van der Waals surface area contributed by atoms with E-state index in [0.29, 0.717) is 11.8 Å². The highest BCUT2D eigenvalue weighted by Crippen LogP contribution is 2.38. The number of anilines is 2. The monoisotopic (exact) mass is 495 g/mol. The molecule has 2 aliphatic rings. The van der Waals surface area contributed by atoms with Gasteiger partial charge in [0.15, 0.2) is 0 Å². The number of aryl methyl sites for hydroxylation is 1. The molecule has 0 heterocycles. The molecule has 2 aliphatic carbocycles. The van der Waals surface area contributed by atoms with Gasteiger partial charge in [0.25, 0.3) is 0 Å². The zero-order valence-electron chi connectivity index (χ0n) is 22.4. The second-order valence-electron chi connectivity index (χ2n) is 11.4. The molecule has 0 saturated heterocycles. The van der Waals surface area contributed by atoms with Crippen LogP contribution in [0.4, 0.5) is 16.2 Å². The van der Waals surface area contributed by atoms with Crippen LogP contribution in [0.5, 0.6) is 0 Å². The van der Waals surface area contributed by atoms with E-state index >= 15 is 0 Å². The molecule has 4 heteroatoms. The van der Waals surface area contributed by atoms with Crippen molar-refractivity contribution in [2.24, 2.45) is 5.92 Å². The summed E-state index contributed by atoms with van der Waals surface area (Å²) in [6.07, 6.45) is 9.67. The van der Waals surface area contributed by atoms with Crippen LogP contribution in [0.2, 0.25) is 0 Å². The molecule has 0 aromatic heterocycles. The lowest BCUT2D eigenvalue weighted by molar-refractivity contribution is 0.262. The molecular formula is C33H41N3O. The van der Waals surface area contributed by atoms with Crippen LogP contribution in [0, 0.1) is 5.92 Å². The number of benzene rings is 3. The summed E-state index contributed by atoms with van der Waals surface area (Å²) in [6, 6.07) is 25.7. The Morgan fingerprint density at radius 1 is 0.757 bits per heavy atom. The van der Waals surface area contributed by atoms with Gasteiger partial charge in [0.1, 0.15) is 0 Å². The van der Waals surface area contributed by atoms with Gasteiger partial charge in [-0.3, -0.25) is 0 Å². The Morgan fingerprint density at radius 2 is 1.41 bits per heavy atom. The van der Waals surface area contributed by atoms with Crippen LogP contribution >= 0.6 is 0 Å². The van der Waals surface area contributed by atoms with E-state index in [9.17, 15) is 4.79 Å². The minimum absolute atomic E-state index is 0.186. The van der Waals surface area contributed by atoms with Gasteiger partial charge in [0.2, 0.25) is 0 Å². The first-order valence-electron chi connectivity index (χ1n) is 14.0. The van der Waals surface area contributed by atoms with Crippen molar-refractivity contribution < 1.29 is 4.79 Å². The standard InChI is InChI=1S/C33H41N3O/c1-36(2)23-24-11-12-30-22-32(20-17-29(30)21-24)35-33(37)34-31-18-15-28(16-19-31)27-10-6-9-26(13-14-27)25-7-4-3-5-8-25/h3-5,7-8,15-20,22,24,26-27H,6,9-14,21,23H2,1-2H3,(H2,34,35,37). The third-order valence-electron chi connectivity index (χ3n) is 8.30. The van der Waals surface area contributed by atoms with Crippen LogP contribution in [-0.2, 0) is 12.8 Å². The van der Waals surface area contributed by atoms with E-state index in [1.54, 1.807) is 0 Å². The number of rotatable bonds is 6. The number of urea groups is 1. The fraction of sp³-hybridized carbons (Fsp3) is 0.424. The van der Waals surface area contributed by atoms with Gasteiger partial charge in [0, 0.05) is 17.9 Å². The maximum Gasteiger partial charge on any atom is 0.323 e. The predicted octanol–water partition coefficient (Wildman–Crippen LogP) is 7.83. The molecule has 3 unspecified atom stereocenters. The van der Waals surface area contributed by atoms with Crippen molar-refractivity contribution in [2.45, 2.75) is 63.2 Å². The second kappa shape index (κ2) is 12.0. The molecule has 5 rings (SSSR count). The maximum absolute atomic E-state index is 12.7. The summed E-state index contributed by atoms with van der Waals surface area (Å²) < 4.78 is 0. The lowest BCUT2D eigenvalue weighted by atomic mass is 9.83. The molecule has 0 radical (unpaired) electrons. The van der Waals surface area contributed by atoms with Gasteiger partial charge in [-0.1, -0.05) is 55.0 Å². The fourth-order valence-electron chi connectivity index (χ4n) is 6.41. The topological polar surface area (TPSA) is 44.4 Å². The average Bonchev–Trinajstić information content (AvgIpc) is 3.16. The highest BCUT2D eigenvalue weighted by atomic mass is 16.2. The van der Waals surface area contributed by atoms with Gasteiger partial charge >= 0.3 is 6.03 Å². The Balaban J connectivity index is 1.13. The number of carbonyl (C=O) groups excluding carboxylic acids is 1. The van der Waals surface area contributed by atoms with Crippen LogP contribution in [-0.4, -0.2) is 31.6 Å². The van der Waals surface area contributed by atoms with E-state index in [4.69, 9.17) is 0 Å². The number of amides is 2. The summed E-state index contributed by atoms with van der Waals surface area (Å²) in [5.41, 5.74) is 7.37. The summed E-state index contributed by atoms with van der Waals surface area (Å²) in [5, 5.41) is 6.05. The number of fused-ring (bicyclic) bond motifs is 1. The molecule has 194 valence electrons. The molecule has 4 nitrogen and oxygen atoms in total. The summed E-state index contributed by atoms with van der Waals surface area (Å²) >= 11 is 0. The van der Waals surface area contributed by atoms with Crippen molar-refractivity contribution in [3.8, 4) is 0 Å². The molecule has 1 saturated carbocycles. The molecule has 3 aromatic rings. The van der Waals surface area contributed by atoms with Crippen molar-refractivity contribution in [1.82, 2.24) is 4.90 Å². The summed E-state index contributed by atoms with van der Waals surface area (Å²) in [6.45, 7) is 1.13. The summed E-state index contributed by atoms with van der Waals surface area (Å²) in [5.74, 6) is 2.00. The van der Waals surface area contributed by atoms with Crippen molar-refractivity contribution in [3.05, 3.63) is 95.1 Å². The van der Waals surface area contributed by atoms with Crippen LogP contribution in [0.25, 0.3) is 0 Å². The van der Waals surface area contributed by atoms with E-state index in [0.717, 1.165) is 36.7 Å². The zero-order chi connectivity index (χ0) is 25.6. The first-order chi connectivity index (χ1) is 18.0. The molecule has 2 N–H and O–H groups in total. The van der Waals surface area contributed by atoms with Crippen molar-refractivity contribution in [3.63, 3.8) is 0 Å². The van der Waals surface area contributed by atoms with Gasteiger partial charge < -0.3 is 15.5 Å². The lowest BCUT2D eigenvalue weighted by Gasteiger charge is -2.27. The van der Waals surface area contributed by atoms with E-state index in [1.165, 1.54) is 60.8 Å². The Labute approximate surface area is 222 Å². The van der Waals surface area contributed by atoms with Gasteiger partial charge in [-0.15, -0.1) is 0 Å². The molecule has 3 aromatic carbocycles. The molecule has 2 amide bonds. The number of carbonyl (C=O) groups is 1. The first kappa shape index (κ1) is 25.5. The lowest BCUT2D eigenvalue weighted by Crippen LogP contribution is -2.26. The van der Waals surface area contributed by atoms with Crippen molar-refractivity contribution in [2.75, 3.05) is 31.3 Å². The van der Waals surface area contributed by atoms with Gasteiger partial charge in [-0.25, -0.2) is 4.79 Å². The van der Waals surface area contributed by atoms with Crippen molar-refractivity contribution >= 4 is 17.4 Å². The van der Waals surface area contributed by atoms with Gasteiger partial charge in [-0.2, -0.15) is 0 Å². The molecule has 37 heavy (non-hydrogen) atoms. The smallest absolute Gasteiger partial charge is 0.309 e. The zero-order valence-corrected chi connectivity index (χ0v) is 22.4. The fourth-order valence-corrected chi connectivity index (χ4v) is 6.41. The molecule has 0 aliphatic heterocycles. The largest absolute Gasteiger partial charge is 0.323 e.